The molecule has 0 saturated carbocycles. The Morgan fingerprint density at radius 3 is 2.70 bits per heavy atom. The standard InChI is InChI=1S/C13H12N4O2.Li/c1-16(2)12-11-6-14-7-17(11)10-5-8(13(18)19)3-4-9(10)15-12;/h3-7H,1-2H3,(H,18,19);/q;+1/p-1. The maximum Gasteiger partial charge on any atom is 1.00 e. The van der Waals surface area contributed by atoms with Crippen molar-refractivity contribution in [3.8, 4) is 0 Å². The molecule has 0 aliphatic carbocycles. The van der Waals surface area contributed by atoms with Gasteiger partial charge in [0.1, 0.15) is 5.52 Å². The van der Waals surface area contributed by atoms with Crippen molar-refractivity contribution in [2.75, 3.05) is 19.0 Å². The van der Waals surface area contributed by atoms with Crippen molar-refractivity contribution in [2.24, 2.45) is 0 Å². The molecule has 0 bridgehead atoms. The Bertz CT molecular complexity index is 798. The first kappa shape index (κ1) is 14.4. The Labute approximate surface area is 127 Å². The van der Waals surface area contributed by atoms with Gasteiger partial charge in [-0.3, -0.25) is 4.40 Å². The number of carboxylic acids is 1. The predicted octanol–water partition coefficient (Wildman–Crippen LogP) is -2.68. The molecule has 6 nitrogen and oxygen atoms in total. The van der Waals surface area contributed by atoms with Crippen molar-refractivity contribution in [2.45, 2.75) is 0 Å². The summed E-state index contributed by atoms with van der Waals surface area (Å²) >= 11 is 0. The van der Waals surface area contributed by atoms with Crippen LogP contribution in [0.25, 0.3) is 16.6 Å². The molecule has 7 heteroatoms. The van der Waals surface area contributed by atoms with Gasteiger partial charge in [0, 0.05) is 14.1 Å². The van der Waals surface area contributed by atoms with E-state index in [0.717, 1.165) is 11.3 Å². The first-order chi connectivity index (χ1) is 9.08. The number of carbonyl (C=O) groups excluding carboxylic acids is 1. The number of benzene rings is 1. The zero-order valence-electron chi connectivity index (χ0n) is 11.5. The predicted molar refractivity (Wildman–Crippen MR) is 69.2 cm³/mol. The summed E-state index contributed by atoms with van der Waals surface area (Å²) in [4.78, 5) is 21.5. The Balaban J connectivity index is 0.00000147. The maximum absolute atomic E-state index is 10.9. The maximum atomic E-state index is 10.9. The Morgan fingerprint density at radius 1 is 1.30 bits per heavy atom. The van der Waals surface area contributed by atoms with Gasteiger partial charge in [-0.05, 0) is 17.7 Å². The van der Waals surface area contributed by atoms with E-state index in [4.69, 9.17) is 0 Å². The summed E-state index contributed by atoms with van der Waals surface area (Å²) in [5.41, 5.74) is 2.36. The van der Waals surface area contributed by atoms with Crippen LogP contribution in [0.2, 0.25) is 0 Å². The normalized spacial score (nSPS) is 10.5. The van der Waals surface area contributed by atoms with Gasteiger partial charge < -0.3 is 14.8 Å². The quantitative estimate of drug-likeness (QED) is 0.470. The molecular formula is C13H11LiN4O2. The van der Waals surface area contributed by atoms with E-state index in [0.29, 0.717) is 11.0 Å². The second kappa shape index (κ2) is 5.16. The summed E-state index contributed by atoms with van der Waals surface area (Å²) in [6.45, 7) is 0. The fourth-order valence-corrected chi connectivity index (χ4v) is 2.09. The summed E-state index contributed by atoms with van der Waals surface area (Å²) < 4.78 is 1.82. The van der Waals surface area contributed by atoms with Crippen molar-refractivity contribution in [1.82, 2.24) is 14.4 Å². The Morgan fingerprint density at radius 2 is 2.05 bits per heavy atom. The molecule has 0 N–H and O–H groups in total. The molecular weight excluding hydrogens is 251 g/mol. The topological polar surface area (TPSA) is 73.6 Å². The van der Waals surface area contributed by atoms with Crippen LogP contribution >= 0.6 is 0 Å². The molecule has 20 heavy (non-hydrogen) atoms. The number of imidazole rings is 1. The van der Waals surface area contributed by atoms with Gasteiger partial charge in [0.25, 0.3) is 0 Å². The minimum Gasteiger partial charge on any atom is -0.545 e. The molecule has 3 aromatic rings. The molecule has 0 unspecified atom stereocenters. The third-order valence-electron chi connectivity index (χ3n) is 2.99. The molecule has 0 amide bonds. The van der Waals surface area contributed by atoms with Gasteiger partial charge in [-0.15, -0.1) is 0 Å². The molecule has 0 fully saturated rings. The number of fused-ring (bicyclic) bond motifs is 3. The van der Waals surface area contributed by atoms with Crippen molar-refractivity contribution in [1.29, 1.82) is 0 Å². The number of anilines is 1. The van der Waals surface area contributed by atoms with Crippen LogP contribution in [-0.4, -0.2) is 34.4 Å². The Kier molecular flexibility index (Phi) is 3.71. The summed E-state index contributed by atoms with van der Waals surface area (Å²) in [6, 6.07) is 4.71. The molecule has 0 spiro atoms. The minimum atomic E-state index is -1.20. The van der Waals surface area contributed by atoms with Crippen LogP contribution in [0.4, 0.5) is 5.82 Å². The molecule has 1 aromatic carbocycles. The number of rotatable bonds is 2. The average molecular weight is 262 g/mol. The van der Waals surface area contributed by atoms with Crippen LogP contribution in [0, 0.1) is 0 Å². The van der Waals surface area contributed by atoms with Gasteiger partial charge in [-0.25, -0.2) is 9.97 Å². The van der Waals surface area contributed by atoms with Crippen molar-refractivity contribution in [3.63, 3.8) is 0 Å². The second-order valence-electron chi connectivity index (χ2n) is 4.47. The summed E-state index contributed by atoms with van der Waals surface area (Å²) in [6.07, 6.45) is 3.35. The van der Waals surface area contributed by atoms with Crippen LogP contribution in [0.15, 0.2) is 30.7 Å². The number of hydrogen-bond donors (Lipinski definition) is 0. The third-order valence-corrected chi connectivity index (χ3v) is 2.99. The van der Waals surface area contributed by atoms with Gasteiger partial charge in [0.2, 0.25) is 0 Å². The summed E-state index contributed by atoms with van der Waals surface area (Å²) in [5, 5.41) is 10.9. The first-order valence-corrected chi connectivity index (χ1v) is 5.72. The van der Waals surface area contributed by atoms with E-state index in [2.05, 4.69) is 9.97 Å². The molecule has 0 aliphatic rings. The summed E-state index contributed by atoms with van der Waals surface area (Å²) in [7, 11) is 3.80. The fourth-order valence-electron chi connectivity index (χ4n) is 2.09. The number of carbonyl (C=O) groups is 1. The van der Waals surface area contributed by atoms with Gasteiger partial charge in [-0.2, -0.15) is 0 Å². The van der Waals surface area contributed by atoms with Crippen molar-refractivity contribution < 1.29 is 28.8 Å². The van der Waals surface area contributed by atoms with Gasteiger partial charge in [-0.1, -0.05) is 6.07 Å². The van der Waals surface area contributed by atoms with Crippen LogP contribution in [0.3, 0.4) is 0 Å². The molecule has 0 radical (unpaired) electrons. The molecule has 96 valence electrons. The molecule has 2 heterocycles. The molecule has 2 aromatic heterocycles. The van der Waals surface area contributed by atoms with E-state index >= 15 is 0 Å². The Hall–Kier alpha value is -2.03. The number of aromatic nitrogens is 3. The van der Waals surface area contributed by atoms with E-state index in [-0.39, 0.29) is 24.4 Å². The fraction of sp³-hybridized carbons (Fsp3) is 0.154. The van der Waals surface area contributed by atoms with Gasteiger partial charge in [0.15, 0.2) is 5.82 Å². The number of nitrogens with zero attached hydrogens (tertiary/aromatic N) is 4. The molecule has 0 aliphatic heterocycles. The monoisotopic (exact) mass is 262 g/mol. The van der Waals surface area contributed by atoms with Crippen LogP contribution in [-0.2, 0) is 0 Å². The smallest absolute Gasteiger partial charge is 0.545 e. The third kappa shape index (κ3) is 2.13. The van der Waals surface area contributed by atoms with E-state index in [9.17, 15) is 9.90 Å². The molecule has 0 atom stereocenters. The largest absolute Gasteiger partial charge is 1.00 e. The zero-order chi connectivity index (χ0) is 13.6. The molecule has 0 saturated heterocycles. The number of hydrogen-bond acceptors (Lipinski definition) is 5. The number of carboxylic acid groups (broad SMARTS) is 1. The van der Waals surface area contributed by atoms with E-state index in [1.54, 1.807) is 24.7 Å². The van der Waals surface area contributed by atoms with Crippen molar-refractivity contribution >= 4 is 28.3 Å². The summed E-state index contributed by atoms with van der Waals surface area (Å²) in [5.74, 6) is -0.418. The molecule has 3 rings (SSSR count). The second-order valence-corrected chi connectivity index (χ2v) is 4.47. The van der Waals surface area contributed by atoms with Crippen LogP contribution in [0.1, 0.15) is 10.4 Å². The minimum absolute atomic E-state index is 0. The number of aromatic carboxylic acids is 1. The van der Waals surface area contributed by atoms with E-state index in [1.807, 2.05) is 23.4 Å². The van der Waals surface area contributed by atoms with E-state index < -0.39 is 5.97 Å². The average Bonchev–Trinajstić information content (AvgIpc) is 2.86. The van der Waals surface area contributed by atoms with Crippen LogP contribution in [0.5, 0.6) is 0 Å². The first-order valence-electron chi connectivity index (χ1n) is 5.72. The van der Waals surface area contributed by atoms with Gasteiger partial charge >= 0.3 is 18.9 Å². The van der Waals surface area contributed by atoms with E-state index in [1.165, 1.54) is 6.07 Å². The van der Waals surface area contributed by atoms with Crippen molar-refractivity contribution in [3.05, 3.63) is 36.3 Å². The van der Waals surface area contributed by atoms with Crippen LogP contribution < -0.4 is 28.9 Å². The zero-order valence-corrected chi connectivity index (χ0v) is 11.5. The van der Waals surface area contributed by atoms with Gasteiger partial charge in [0.05, 0.1) is 29.5 Å². The SMILES string of the molecule is CN(C)c1nc2ccc(C(=O)[O-])cc2n2cncc12.[Li+].